The van der Waals surface area contributed by atoms with E-state index in [0.29, 0.717) is 6.54 Å². The third kappa shape index (κ3) is 5.15. The third-order valence-electron chi connectivity index (χ3n) is 7.88. The maximum Gasteiger partial charge on any atom is 0.263 e. The molecule has 0 radical (unpaired) electrons. The third-order valence-corrected chi connectivity index (χ3v) is 8.23. The molecule has 5 rings (SSSR count). The number of rotatable bonds is 5. The zero-order valence-corrected chi connectivity index (χ0v) is 22.8. The molecule has 39 heavy (non-hydrogen) atoms. The van der Waals surface area contributed by atoms with Gasteiger partial charge in [-0.15, -0.1) is 0 Å². The largest absolute Gasteiger partial charge is 0.507 e. The summed E-state index contributed by atoms with van der Waals surface area (Å²) in [5, 5.41) is 10.4. The van der Waals surface area contributed by atoms with Crippen LogP contribution in [-0.2, 0) is 4.79 Å². The normalized spacial score (nSPS) is 20.9. The smallest absolute Gasteiger partial charge is 0.263 e. The SMILES string of the molecule is C=CC(=O)N1CCN2C(=O)c3c(OC(C)C4CCN(C)CC4)nc(-c4c(O)cccc4F)c(Cl)c3OC[C@H]2C1. The topological polar surface area (TPSA) is 95.4 Å². The summed E-state index contributed by atoms with van der Waals surface area (Å²) < 4.78 is 27.4. The molecule has 4 heterocycles. The molecule has 0 bridgehead atoms. The molecule has 1 aromatic heterocycles. The Hall–Kier alpha value is -3.37. The van der Waals surface area contributed by atoms with E-state index in [2.05, 4.69) is 23.5 Å². The van der Waals surface area contributed by atoms with Crippen molar-refractivity contribution >= 4 is 23.4 Å². The fourth-order valence-electron chi connectivity index (χ4n) is 5.53. The number of piperazine rings is 1. The summed E-state index contributed by atoms with van der Waals surface area (Å²) in [5.41, 5.74) is -0.221. The number of carbonyl (C=O) groups is 2. The highest BCUT2D eigenvalue weighted by atomic mass is 35.5. The van der Waals surface area contributed by atoms with Gasteiger partial charge in [0.05, 0.1) is 11.6 Å². The number of phenols is 1. The summed E-state index contributed by atoms with van der Waals surface area (Å²) in [6.45, 7) is 8.28. The first kappa shape index (κ1) is 27.2. The minimum absolute atomic E-state index is 0.0197. The summed E-state index contributed by atoms with van der Waals surface area (Å²) in [5.74, 6) is -1.46. The Morgan fingerprint density at radius 1 is 1.28 bits per heavy atom. The first-order valence-electron chi connectivity index (χ1n) is 13.1. The molecule has 3 aliphatic heterocycles. The van der Waals surface area contributed by atoms with E-state index in [0.717, 1.165) is 25.9 Å². The van der Waals surface area contributed by atoms with Gasteiger partial charge in [-0.3, -0.25) is 9.59 Å². The van der Waals surface area contributed by atoms with Crippen LogP contribution in [0, 0.1) is 11.7 Å². The number of hydrogen-bond acceptors (Lipinski definition) is 7. The van der Waals surface area contributed by atoms with Crippen LogP contribution in [0.4, 0.5) is 4.39 Å². The minimum atomic E-state index is -0.727. The van der Waals surface area contributed by atoms with Crippen molar-refractivity contribution in [3.8, 4) is 28.6 Å². The Kier molecular flexibility index (Phi) is 7.68. The number of phenolic OH excluding ortho intramolecular Hbond substituents is 1. The van der Waals surface area contributed by atoms with Crippen molar-refractivity contribution in [2.45, 2.75) is 31.9 Å². The number of amides is 2. The zero-order valence-electron chi connectivity index (χ0n) is 22.0. The lowest BCUT2D eigenvalue weighted by Crippen LogP contribution is -2.57. The van der Waals surface area contributed by atoms with E-state index in [9.17, 15) is 19.1 Å². The molecule has 1 unspecified atom stereocenters. The van der Waals surface area contributed by atoms with Crippen molar-refractivity contribution in [3.05, 3.63) is 47.3 Å². The van der Waals surface area contributed by atoms with Crippen LogP contribution in [0.3, 0.4) is 0 Å². The van der Waals surface area contributed by atoms with E-state index in [4.69, 9.17) is 21.1 Å². The number of nitrogens with zero attached hydrogens (tertiary/aromatic N) is 4. The number of ether oxygens (including phenoxy) is 2. The second-order valence-electron chi connectivity index (χ2n) is 10.3. The molecule has 2 atom stereocenters. The fraction of sp³-hybridized carbons (Fsp3) is 0.464. The number of benzene rings is 1. The molecule has 0 aliphatic carbocycles. The van der Waals surface area contributed by atoms with E-state index in [1.165, 1.54) is 24.3 Å². The molecule has 0 saturated carbocycles. The van der Waals surface area contributed by atoms with Gasteiger partial charge >= 0.3 is 0 Å². The summed E-state index contributed by atoms with van der Waals surface area (Å²) in [6.07, 6.45) is 2.78. The summed E-state index contributed by atoms with van der Waals surface area (Å²) >= 11 is 6.74. The molecule has 11 heteroatoms. The lowest BCUT2D eigenvalue weighted by molar-refractivity contribution is -0.128. The molecule has 1 N–H and O–H groups in total. The number of aromatic nitrogens is 1. The van der Waals surface area contributed by atoms with Crippen molar-refractivity contribution in [1.82, 2.24) is 19.7 Å². The molecule has 2 amide bonds. The van der Waals surface area contributed by atoms with Crippen LogP contribution in [0.1, 0.15) is 30.1 Å². The monoisotopic (exact) mass is 558 g/mol. The number of aromatic hydroxyl groups is 1. The van der Waals surface area contributed by atoms with Crippen LogP contribution < -0.4 is 9.47 Å². The van der Waals surface area contributed by atoms with Crippen LogP contribution in [0.5, 0.6) is 17.4 Å². The fourth-order valence-corrected chi connectivity index (χ4v) is 5.82. The molecule has 1 aromatic carbocycles. The Labute approximate surface area is 231 Å². The Balaban J connectivity index is 1.58. The Morgan fingerprint density at radius 3 is 2.72 bits per heavy atom. The van der Waals surface area contributed by atoms with Crippen LogP contribution in [0.2, 0.25) is 5.02 Å². The van der Waals surface area contributed by atoms with E-state index >= 15 is 0 Å². The second-order valence-corrected chi connectivity index (χ2v) is 10.7. The van der Waals surface area contributed by atoms with Gasteiger partial charge in [-0.05, 0) is 64.0 Å². The average molecular weight is 559 g/mol. The molecule has 9 nitrogen and oxygen atoms in total. The first-order valence-corrected chi connectivity index (χ1v) is 13.5. The van der Waals surface area contributed by atoms with Gasteiger partial charge in [0, 0.05) is 19.6 Å². The summed E-state index contributed by atoms with van der Waals surface area (Å²) in [7, 11) is 2.07. The van der Waals surface area contributed by atoms with Gasteiger partial charge in [0.25, 0.3) is 5.91 Å². The highest BCUT2D eigenvalue weighted by molar-refractivity contribution is 6.35. The number of likely N-dealkylation sites (tertiary alicyclic amines) is 1. The van der Waals surface area contributed by atoms with E-state index in [1.807, 2.05) is 6.92 Å². The predicted octanol–water partition coefficient (Wildman–Crippen LogP) is 3.59. The van der Waals surface area contributed by atoms with Gasteiger partial charge in [0.15, 0.2) is 5.75 Å². The van der Waals surface area contributed by atoms with Crippen LogP contribution in [0.25, 0.3) is 11.3 Å². The maximum absolute atomic E-state index is 15.0. The highest BCUT2D eigenvalue weighted by Crippen LogP contribution is 2.46. The lowest BCUT2D eigenvalue weighted by atomic mass is 9.92. The molecular weight excluding hydrogens is 527 g/mol. The molecule has 2 fully saturated rings. The number of halogens is 2. The van der Waals surface area contributed by atoms with Gasteiger partial charge in [0.1, 0.15) is 40.6 Å². The standard InChI is InChI=1S/C28H32ClFN4O5/c1-4-21(36)33-12-13-34-18(14-33)15-38-26-23(28(34)37)27(39-16(2)17-8-10-32(3)11-9-17)31-25(24(26)29)22-19(30)6-5-7-20(22)35/h4-7,16-18,35H,1,8-15H2,2-3H3/t16?,18-/m1/s1. The lowest BCUT2D eigenvalue weighted by Gasteiger charge is -2.39. The van der Waals surface area contributed by atoms with Gasteiger partial charge in [-0.25, -0.2) is 9.37 Å². The van der Waals surface area contributed by atoms with Crippen molar-refractivity contribution in [2.24, 2.45) is 5.92 Å². The quantitative estimate of drug-likeness (QED) is 0.560. The Morgan fingerprint density at radius 2 is 2.03 bits per heavy atom. The average Bonchev–Trinajstić information content (AvgIpc) is 3.07. The number of pyridine rings is 1. The van der Waals surface area contributed by atoms with Gasteiger partial charge in [-0.1, -0.05) is 24.2 Å². The molecular formula is C28H32ClFN4O5. The van der Waals surface area contributed by atoms with Gasteiger partial charge < -0.3 is 29.3 Å². The zero-order chi connectivity index (χ0) is 27.8. The second kappa shape index (κ2) is 11.0. The maximum atomic E-state index is 15.0. The number of carbonyl (C=O) groups excluding carboxylic acids is 2. The van der Waals surface area contributed by atoms with Crippen LogP contribution >= 0.6 is 11.6 Å². The van der Waals surface area contributed by atoms with E-state index < -0.39 is 11.9 Å². The number of hydrogen-bond donors (Lipinski definition) is 1. The summed E-state index contributed by atoms with van der Waals surface area (Å²) in [6, 6.07) is 3.46. The van der Waals surface area contributed by atoms with E-state index in [-0.39, 0.29) is 82.8 Å². The molecule has 2 saturated heterocycles. The van der Waals surface area contributed by atoms with Crippen molar-refractivity contribution < 1.29 is 28.6 Å². The van der Waals surface area contributed by atoms with Gasteiger partial charge in [-0.2, -0.15) is 0 Å². The van der Waals surface area contributed by atoms with Crippen LogP contribution in [0.15, 0.2) is 30.9 Å². The summed E-state index contributed by atoms with van der Waals surface area (Å²) in [4.78, 5) is 36.3. The molecule has 0 spiro atoms. The molecule has 2 aromatic rings. The van der Waals surface area contributed by atoms with Gasteiger partial charge in [0.2, 0.25) is 11.8 Å². The van der Waals surface area contributed by atoms with Crippen molar-refractivity contribution in [2.75, 3.05) is 46.4 Å². The van der Waals surface area contributed by atoms with E-state index in [1.54, 1.807) is 9.80 Å². The van der Waals surface area contributed by atoms with Crippen LogP contribution in [-0.4, -0.2) is 95.1 Å². The number of piperidine rings is 1. The van der Waals surface area contributed by atoms with Crippen molar-refractivity contribution in [1.29, 1.82) is 0 Å². The number of fused-ring (bicyclic) bond motifs is 2. The first-order chi connectivity index (χ1) is 18.7. The minimum Gasteiger partial charge on any atom is -0.507 e. The molecule has 3 aliphatic rings. The Bertz CT molecular complexity index is 1280. The molecule has 208 valence electrons. The highest BCUT2D eigenvalue weighted by Gasteiger charge is 2.41. The predicted molar refractivity (Wildman–Crippen MR) is 144 cm³/mol. The van der Waals surface area contributed by atoms with Crippen molar-refractivity contribution in [3.63, 3.8) is 0 Å².